The van der Waals surface area contributed by atoms with Gasteiger partial charge in [-0.15, -0.1) is 15.0 Å². The van der Waals surface area contributed by atoms with Gasteiger partial charge in [0.25, 0.3) is 0 Å². The summed E-state index contributed by atoms with van der Waals surface area (Å²) in [4.78, 5) is 41.6. The van der Waals surface area contributed by atoms with E-state index in [9.17, 15) is 9.59 Å². The van der Waals surface area contributed by atoms with E-state index >= 15 is 0 Å². The predicted octanol–water partition coefficient (Wildman–Crippen LogP) is 4.72. The van der Waals surface area contributed by atoms with Crippen molar-refractivity contribution in [1.29, 1.82) is 0 Å². The quantitative estimate of drug-likeness (QED) is 0.148. The number of benzene rings is 3. The van der Waals surface area contributed by atoms with Crippen LogP contribution in [0.5, 0.6) is 0 Å². The van der Waals surface area contributed by atoms with E-state index in [0.29, 0.717) is 48.0 Å². The molecule has 0 radical (unpaired) electrons. The van der Waals surface area contributed by atoms with Crippen LogP contribution in [0.25, 0.3) is 22.5 Å². The summed E-state index contributed by atoms with van der Waals surface area (Å²) in [5.74, 6) is 1.72. The summed E-state index contributed by atoms with van der Waals surface area (Å²) in [6, 6.07) is 22.4. The van der Waals surface area contributed by atoms with Gasteiger partial charge in [0, 0.05) is 23.2 Å². The number of fused-ring (bicyclic) bond motifs is 1. The van der Waals surface area contributed by atoms with Crippen molar-refractivity contribution in [2.45, 2.75) is 53.2 Å². The van der Waals surface area contributed by atoms with Crippen molar-refractivity contribution < 1.29 is 34.3 Å². The van der Waals surface area contributed by atoms with E-state index < -0.39 is 6.16 Å². The van der Waals surface area contributed by atoms with Crippen LogP contribution in [0.15, 0.2) is 72.8 Å². The number of aromatic nitrogens is 6. The molecular weight excluding hydrogens is 620 g/mol. The van der Waals surface area contributed by atoms with Gasteiger partial charge in [-0.25, -0.2) is 19.6 Å². The van der Waals surface area contributed by atoms with Crippen LogP contribution in [0.2, 0.25) is 0 Å². The Kier molecular flexibility index (Phi) is 9.73. The first-order chi connectivity index (χ1) is 23.2. The molecule has 3 heterocycles. The molecule has 0 spiro atoms. The van der Waals surface area contributed by atoms with E-state index in [2.05, 4.69) is 30.2 Å². The van der Waals surface area contributed by atoms with Crippen LogP contribution in [0.4, 0.5) is 10.6 Å². The maximum absolute atomic E-state index is 12.9. The maximum Gasteiger partial charge on any atom is 0.510 e. The summed E-state index contributed by atoms with van der Waals surface area (Å²) < 4.78 is 10.3. The van der Waals surface area contributed by atoms with Crippen molar-refractivity contribution in [3.8, 4) is 22.5 Å². The summed E-state index contributed by atoms with van der Waals surface area (Å²) >= 11 is 0. The van der Waals surface area contributed by atoms with Gasteiger partial charge in [0.15, 0.2) is 0 Å². The summed E-state index contributed by atoms with van der Waals surface area (Å²) in [5.41, 5.74) is 6.80. The largest absolute Gasteiger partial charge is 0.510 e. The average molecular weight is 653 g/mol. The standard InChI is InChI=1S/C33H32N8O7/c1-21-27-15-16-30(42)39(32(27)35-22(2)34-21)17-23-11-13-26(14-12-23)28-5-3-4-6-29(28)31-36-38-40(37-31)20-47-33(43)46-18-24-7-9-25(10-8-24)19-48-41(44)45/h3-14,44-45H,15-20H2,1-2H3. The Labute approximate surface area is 274 Å². The number of hydrogen-bond acceptors (Lipinski definition) is 13. The lowest BCUT2D eigenvalue weighted by atomic mass is 9.98. The van der Waals surface area contributed by atoms with Crippen LogP contribution in [0.1, 0.15) is 40.2 Å². The third-order valence-electron chi connectivity index (χ3n) is 7.70. The van der Waals surface area contributed by atoms with Crippen molar-refractivity contribution >= 4 is 17.9 Å². The van der Waals surface area contributed by atoms with Crippen LogP contribution in [0.3, 0.4) is 0 Å². The van der Waals surface area contributed by atoms with Gasteiger partial charge in [-0.1, -0.05) is 72.8 Å². The number of rotatable bonds is 11. The van der Waals surface area contributed by atoms with Gasteiger partial charge in [0.1, 0.15) is 18.2 Å². The Morgan fingerprint density at radius 3 is 2.27 bits per heavy atom. The van der Waals surface area contributed by atoms with Crippen molar-refractivity contribution in [2.75, 3.05) is 4.90 Å². The molecule has 0 saturated carbocycles. The van der Waals surface area contributed by atoms with Gasteiger partial charge in [-0.3, -0.25) is 20.1 Å². The molecule has 1 amide bonds. The van der Waals surface area contributed by atoms with Gasteiger partial charge < -0.3 is 9.47 Å². The van der Waals surface area contributed by atoms with Gasteiger partial charge in [-0.05, 0) is 53.3 Å². The Hall–Kier alpha value is -5.61. The summed E-state index contributed by atoms with van der Waals surface area (Å²) in [6.45, 7) is 3.80. The molecule has 6 rings (SSSR count). The lowest BCUT2D eigenvalue weighted by Gasteiger charge is -2.29. The van der Waals surface area contributed by atoms with Crippen LogP contribution >= 0.6 is 0 Å². The minimum absolute atomic E-state index is 0.0381. The van der Waals surface area contributed by atoms with Gasteiger partial charge >= 0.3 is 6.16 Å². The highest BCUT2D eigenvalue weighted by atomic mass is 17.1. The Morgan fingerprint density at radius 2 is 1.54 bits per heavy atom. The molecule has 0 unspecified atom stereocenters. The minimum atomic E-state index is -0.912. The molecule has 0 bridgehead atoms. The fourth-order valence-corrected chi connectivity index (χ4v) is 5.35. The zero-order chi connectivity index (χ0) is 33.6. The first-order valence-corrected chi connectivity index (χ1v) is 15.0. The fraction of sp³-hybridized carbons (Fsp3) is 0.242. The first-order valence-electron chi connectivity index (χ1n) is 15.0. The lowest BCUT2D eigenvalue weighted by Crippen LogP contribution is -2.36. The van der Waals surface area contributed by atoms with E-state index in [1.54, 1.807) is 29.2 Å². The molecule has 2 aromatic heterocycles. The minimum Gasteiger partial charge on any atom is -0.429 e. The number of anilines is 1. The number of nitrogens with zero attached hydrogens (tertiary/aromatic N) is 8. The molecule has 1 aliphatic rings. The van der Waals surface area contributed by atoms with Crippen LogP contribution in [-0.2, 0) is 52.0 Å². The number of ether oxygens (including phenoxy) is 2. The monoisotopic (exact) mass is 652 g/mol. The van der Waals surface area contributed by atoms with Crippen LogP contribution in [-0.4, -0.2) is 58.0 Å². The topological polar surface area (TPSA) is 178 Å². The van der Waals surface area contributed by atoms with E-state index in [0.717, 1.165) is 38.3 Å². The third kappa shape index (κ3) is 7.67. The van der Waals surface area contributed by atoms with Gasteiger partial charge in [-0.2, -0.15) is 0 Å². The highest BCUT2D eigenvalue weighted by Crippen LogP contribution is 2.32. The van der Waals surface area contributed by atoms with Crippen molar-refractivity contribution in [1.82, 2.24) is 35.6 Å². The maximum atomic E-state index is 12.9. The number of carbonyl (C=O) groups is 2. The SMILES string of the molecule is Cc1nc(C)c2c(n1)N(Cc1ccc(-c3ccccc3-c3nnn(COC(=O)OCc4ccc(CON(O)O)cc4)n3)cc1)C(=O)CC2. The zero-order valence-corrected chi connectivity index (χ0v) is 26.2. The molecule has 0 aliphatic carbocycles. The van der Waals surface area contributed by atoms with Crippen molar-refractivity contribution in [2.24, 2.45) is 0 Å². The van der Waals surface area contributed by atoms with E-state index in [1.165, 1.54) is 0 Å². The second-order valence-corrected chi connectivity index (χ2v) is 11.0. The molecular formula is C33H32N8O7. The zero-order valence-electron chi connectivity index (χ0n) is 26.2. The molecule has 0 saturated heterocycles. The summed E-state index contributed by atoms with van der Waals surface area (Å²) in [7, 11) is 0. The third-order valence-corrected chi connectivity index (χ3v) is 7.70. The van der Waals surface area contributed by atoms with Gasteiger partial charge in [0.2, 0.25) is 18.5 Å². The van der Waals surface area contributed by atoms with Crippen molar-refractivity contribution in [3.63, 3.8) is 0 Å². The molecule has 15 heteroatoms. The fourth-order valence-electron chi connectivity index (χ4n) is 5.35. The second kappa shape index (κ2) is 14.4. The van der Waals surface area contributed by atoms with Gasteiger partial charge in [0.05, 0.1) is 18.5 Å². The molecule has 246 valence electrons. The Bertz CT molecular complexity index is 1910. The number of aryl methyl sites for hydroxylation is 2. The number of hydrogen-bond donors (Lipinski definition) is 2. The smallest absolute Gasteiger partial charge is 0.429 e. The van der Waals surface area contributed by atoms with Crippen LogP contribution in [0, 0.1) is 13.8 Å². The average Bonchev–Trinajstić information content (AvgIpc) is 3.56. The lowest BCUT2D eigenvalue weighted by molar-refractivity contribution is -0.497. The predicted molar refractivity (Wildman–Crippen MR) is 168 cm³/mol. The molecule has 0 fully saturated rings. The number of tetrazole rings is 1. The summed E-state index contributed by atoms with van der Waals surface area (Å²) in [5, 5.41) is 29.5. The Morgan fingerprint density at radius 1 is 0.854 bits per heavy atom. The highest BCUT2D eigenvalue weighted by molar-refractivity contribution is 5.95. The molecule has 2 N–H and O–H groups in total. The highest BCUT2D eigenvalue weighted by Gasteiger charge is 2.27. The van der Waals surface area contributed by atoms with E-state index in [4.69, 9.17) is 19.9 Å². The molecule has 15 nitrogen and oxygen atoms in total. The summed E-state index contributed by atoms with van der Waals surface area (Å²) in [6.07, 6.45) is 0.162. The molecule has 0 atom stereocenters. The molecule has 48 heavy (non-hydrogen) atoms. The molecule has 1 aliphatic heterocycles. The number of amides is 1. The van der Waals surface area contributed by atoms with Crippen molar-refractivity contribution in [3.05, 3.63) is 107 Å². The molecule has 3 aromatic carbocycles. The molecule has 5 aromatic rings. The normalized spacial score (nSPS) is 12.7. The Balaban J connectivity index is 1.07. The second-order valence-electron chi connectivity index (χ2n) is 11.0. The van der Waals surface area contributed by atoms with Crippen LogP contribution < -0.4 is 4.90 Å². The van der Waals surface area contributed by atoms with E-state index in [1.807, 2.05) is 62.4 Å². The first kappa shape index (κ1) is 32.3. The van der Waals surface area contributed by atoms with E-state index in [-0.39, 0.29) is 31.2 Å². The number of carbonyl (C=O) groups excluding carboxylic acids is 2.